The van der Waals surface area contributed by atoms with E-state index >= 15 is 0 Å². The molecule has 1 atom stereocenters. The van der Waals surface area contributed by atoms with Crippen molar-refractivity contribution >= 4 is 5.97 Å². The maximum Gasteiger partial charge on any atom is 0.308 e. The second kappa shape index (κ2) is 5.22. The van der Waals surface area contributed by atoms with Crippen LogP contribution in [0.25, 0.3) is 0 Å². The van der Waals surface area contributed by atoms with Gasteiger partial charge in [-0.1, -0.05) is 13.8 Å². The topological polar surface area (TPSA) is 40.5 Å². The third kappa shape index (κ3) is 4.27. The van der Waals surface area contributed by atoms with Crippen molar-refractivity contribution in [2.45, 2.75) is 33.7 Å². The molecular weight excluding hydrogens is 166 g/mol. The van der Waals surface area contributed by atoms with Crippen LogP contribution in [0.3, 0.4) is 0 Å². The third-order valence-electron chi connectivity index (χ3n) is 2.49. The molecule has 13 heavy (non-hydrogen) atoms. The predicted molar refractivity (Wildman–Crippen MR) is 53.7 cm³/mol. The number of nitrogens with zero attached hydrogens (tertiary/aromatic N) is 1. The summed E-state index contributed by atoms with van der Waals surface area (Å²) in [5.41, 5.74) is 0. The van der Waals surface area contributed by atoms with Gasteiger partial charge in [-0.25, -0.2) is 0 Å². The summed E-state index contributed by atoms with van der Waals surface area (Å²) in [6.07, 6.45) is 0. The largest absolute Gasteiger partial charge is 0.481 e. The molecule has 0 spiro atoms. The molecule has 0 bridgehead atoms. The van der Waals surface area contributed by atoms with Crippen molar-refractivity contribution in [3.8, 4) is 0 Å². The Bertz CT molecular complexity index is 166. The van der Waals surface area contributed by atoms with Gasteiger partial charge in [-0.2, -0.15) is 0 Å². The number of carboxylic acids is 1. The second-order valence-corrected chi connectivity index (χ2v) is 4.22. The smallest absolute Gasteiger partial charge is 0.308 e. The Morgan fingerprint density at radius 1 is 1.31 bits per heavy atom. The van der Waals surface area contributed by atoms with Crippen molar-refractivity contribution in [3.63, 3.8) is 0 Å². The van der Waals surface area contributed by atoms with Crippen molar-refractivity contribution in [1.82, 2.24) is 4.90 Å². The quantitative estimate of drug-likeness (QED) is 0.712. The van der Waals surface area contributed by atoms with E-state index in [9.17, 15) is 4.79 Å². The van der Waals surface area contributed by atoms with E-state index in [1.165, 1.54) is 0 Å². The van der Waals surface area contributed by atoms with Crippen molar-refractivity contribution in [2.75, 3.05) is 13.6 Å². The molecule has 3 nitrogen and oxygen atoms in total. The van der Waals surface area contributed by atoms with Gasteiger partial charge in [0.1, 0.15) is 0 Å². The summed E-state index contributed by atoms with van der Waals surface area (Å²) in [5, 5.41) is 8.95. The molecule has 0 amide bonds. The first-order valence-electron chi connectivity index (χ1n) is 4.79. The molecule has 0 fully saturated rings. The molecule has 0 aliphatic rings. The zero-order valence-electron chi connectivity index (χ0n) is 9.24. The molecule has 1 N–H and O–H groups in total. The van der Waals surface area contributed by atoms with Crippen LogP contribution in [0.5, 0.6) is 0 Å². The van der Waals surface area contributed by atoms with E-state index in [-0.39, 0.29) is 11.8 Å². The maximum atomic E-state index is 10.9. The van der Waals surface area contributed by atoms with Gasteiger partial charge in [-0.3, -0.25) is 4.79 Å². The Morgan fingerprint density at radius 3 is 2.00 bits per heavy atom. The van der Waals surface area contributed by atoms with Gasteiger partial charge in [0.05, 0.1) is 5.92 Å². The number of carbonyl (C=O) groups is 1. The van der Waals surface area contributed by atoms with Crippen molar-refractivity contribution < 1.29 is 9.90 Å². The van der Waals surface area contributed by atoms with Crippen molar-refractivity contribution in [1.29, 1.82) is 0 Å². The summed E-state index contributed by atoms with van der Waals surface area (Å²) < 4.78 is 0. The summed E-state index contributed by atoms with van der Waals surface area (Å²) in [6, 6.07) is 0.403. The average molecular weight is 187 g/mol. The Kier molecular flexibility index (Phi) is 4.99. The number of hydrogen-bond donors (Lipinski definition) is 1. The number of hydrogen-bond acceptors (Lipinski definition) is 2. The van der Waals surface area contributed by atoms with Crippen LogP contribution in [0.2, 0.25) is 0 Å². The lowest BCUT2D eigenvalue weighted by Crippen LogP contribution is -2.37. The molecule has 78 valence electrons. The zero-order valence-corrected chi connectivity index (χ0v) is 9.24. The van der Waals surface area contributed by atoms with Gasteiger partial charge in [0, 0.05) is 12.6 Å². The van der Waals surface area contributed by atoms with Crippen LogP contribution in [0, 0.1) is 11.8 Å². The van der Waals surface area contributed by atoms with Gasteiger partial charge >= 0.3 is 5.97 Å². The van der Waals surface area contributed by atoms with E-state index < -0.39 is 5.97 Å². The standard InChI is InChI=1S/C10H21NO2/c1-7(2)9(10(12)13)6-11(5)8(3)4/h7-9H,6H2,1-5H3,(H,12,13). The van der Waals surface area contributed by atoms with Crippen LogP contribution in [0.15, 0.2) is 0 Å². The highest BCUT2D eigenvalue weighted by atomic mass is 16.4. The van der Waals surface area contributed by atoms with E-state index in [1.54, 1.807) is 0 Å². The molecule has 1 unspecified atom stereocenters. The Balaban J connectivity index is 4.18. The molecule has 0 saturated carbocycles. The van der Waals surface area contributed by atoms with Gasteiger partial charge in [-0.05, 0) is 26.8 Å². The first kappa shape index (κ1) is 12.4. The molecule has 0 aliphatic heterocycles. The lowest BCUT2D eigenvalue weighted by Gasteiger charge is -2.26. The highest BCUT2D eigenvalue weighted by molar-refractivity contribution is 5.70. The van der Waals surface area contributed by atoms with Crippen LogP contribution in [0.4, 0.5) is 0 Å². The van der Waals surface area contributed by atoms with Crippen LogP contribution >= 0.6 is 0 Å². The van der Waals surface area contributed by atoms with Crippen LogP contribution in [-0.2, 0) is 4.79 Å². The molecule has 0 aromatic carbocycles. The summed E-state index contributed by atoms with van der Waals surface area (Å²) >= 11 is 0. The van der Waals surface area contributed by atoms with E-state index in [1.807, 2.05) is 20.9 Å². The minimum Gasteiger partial charge on any atom is -0.481 e. The van der Waals surface area contributed by atoms with Crippen molar-refractivity contribution in [2.24, 2.45) is 11.8 Å². The molecule has 0 radical (unpaired) electrons. The van der Waals surface area contributed by atoms with Crippen LogP contribution in [0.1, 0.15) is 27.7 Å². The van der Waals surface area contributed by atoms with Crippen molar-refractivity contribution in [3.05, 3.63) is 0 Å². The Morgan fingerprint density at radius 2 is 1.77 bits per heavy atom. The van der Waals surface area contributed by atoms with Gasteiger partial charge < -0.3 is 10.0 Å². The summed E-state index contributed by atoms with van der Waals surface area (Å²) in [6.45, 7) is 8.67. The first-order valence-corrected chi connectivity index (χ1v) is 4.79. The molecule has 0 saturated heterocycles. The predicted octanol–water partition coefficient (Wildman–Crippen LogP) is 1.68. The van der Waals surface area contributed by atoms with E-state index in [0.717, 1.165) is 0 Å². The lowest BCUT2D eigenvalue weighted by atomic mass is 9.95. The van der Waals surface area contributed by atoms with Gasteiger partial charge in [0.2, 0.25) is 0 Å². The maximum absolute atomic E-state index is 10.9. The van der Waals surface area contributed by atoms with E-state index in [4.69, 9.17) is 5.11 Å². The fourth-order valence-corrected chi connectivity index (χ4v) is 1.10. The molecule has 0 aromatic rings. The van der Waals surface area contributed by atoms with Crippen LogP contribution in [-0.4, -0.2) is 35.6 Å². The number of aliphatic carboxylic acids is 1. The highest BCUT2D eigenvalue weighted by Gasteiger charge is 2.23. The molecule has 0 aromatic heterocycles. The zero-order chi connectivity index (χ0) is 10.6. The number of carboxylic acid groups (broad SMARTS) is 1. The van der Waals surface area contributed by atoms with Gasteiger partial charge in [0.25, 0.3) is 0 Å². The first-order chi connectivity index (χ1) is 5.86. The average Bonchev–Trinajstić information content (AvgIpc) is 1.97. The number of rotatable bonds is 5. The van der Waals surface area contributed by atoms with Gasteiger partial charge in [-0.15, -0.1) is 0 Å². The molecule has 0 rings (SSSR count). The second-order valence-electron chi connectivity index (χ2n) is 4.22. The monoisotopic (exact) mass is 187 g/mol. The summed E-state index contributed by atoms with van der Waals surface area (Å²) in [4.78, 5) is 12.9. The SMILES string of the molecule is CC(C)C(CN(C)C(C)C)C(=O)O. The highest BCUT2D eigenvalue weighted by Crippen LogP contribution is 2.13. The minimum absolute atomic E-state index is 0.193. The fourth-order valence-electron chi connectivity index (χ4n) is 1.10. The lowest BCUT2D eigenvalue weighted by molar-refractivity contribution is -0.144. The fraction of sp³-hybridized carbons (Fsp3) is 0.900. The molecular formula is C10H21NO2. The van der Waals surface area contributed by atoms with E-state index in [2.05, 4.69) is 18.7 Å². The molecule has 0 heterocycles. The van der Waals surface area contributed by atoms with Gasteiger partial charge in [0.15, 0.2) is 0 Å². The normalized spacial score (nSPS) is 14.2. The van der Waals surface area contributed by atoms with Crippen LogP contribution < -0.4 is 0 Å². The van der Waals surface area contributed by atoms with E-state index in [0.29, 0.717) is 12.6 Å². The minimum atomic E-state index is -0.692. The summed E-state index contributed by atoms with van der Waals surface area (Å²) in [7, 11) is 1.96. The summed E-state index contributed by atoms with van der Waals surface area (Å²) in [5.74, 6) is -0.756. The molecule has 0 aliphatic carbocycles. The molecule has 3 heteroatoms. The Hall–Kier alpha value is -0.570. The Labute approximate surface area is 80.7 Å². The third-order valence-corrected chi connectivity index (χ3v) is 2.49.